The Morgan fingerprint density at radius 3 is 1.63 bits per heavy atom. The molecule has 2 aromatic carbocycles. The van der Waals surface area contributed by atoms with Crippen LogP contribution in [0.5, 0.6) is 23.0 Å². The molecule has 0 aromatic heterocycles. The summed E-state index contributed by atoms with van der Waals surface area (Å²) in [7, 11) is 2.98. The van der Waals surface area contributed by atoms with Gasteiger partial charge in [-0.25, -0.2) is 0 Å². The second kappa shape index (κ2) is 7.99. The molecule has 0 atom stereocenters. The summed E-state index contributed by atoms with van der Waals surface area (Å²) in [5, 5.41) is 19.8. The van der Waals surface area contributed by atoms with Gasteiger partial charge in [-0.2, -0.15) is 0 Å². The first-order valence-electron chi connectivity index (χ1n) is 8.71. The van der Waals surface area contributed by atoms with Crippen LogP contribution < -0.4 is 9.47 Å². The quantitative estimate of drug-likeness (QED) is 0.788. The Morgan fingerprint density at radius 1 is 0.815 bits per heavy atom. The number of carbonyl (C=O) groups is 1. The maximum atomic E-state index is 12.8. The molecule has 0 spiro atoms. The minimum absolute atomic E-state index is 0.00753. The Hall–Kier alpha value is -3.21. The fourth-order valence-corrected chi connectivity index (χ4v) is 3.17. The average Bonchev–Trinajstić information content (AvgIpc) is 2.65. The number of benzene rings is 2. The average molecular weight is 366 g/mol. The highest BCUT2D eigenvalue weighted by molar-refractivity contribution is 6.14. The number of phenols is 2. The van der Waals surface area contributed by atoms with Gasteiger partial charge in [0, 0.05) is 11.1 Å². The van der Waals surface area contributed by atoms with E-state index < -0.39 is 0 Å². The second-order valence-electron chi connectivity index (χ2n) is 6.38. The number of methoxy groups -OCH3 is 2. The van der Waals surface area contributed by atoms with Gasteiger partial charge in [0.25, 0.3) is 0 Å². The van der Waals surface area contributed by atoms with Crippen LogP contribution in [0.25, 0.3) is 12.2 Å². The number of hydrogen-bond acceptors (Lipinski definition) is 5. The summed E-state index contributed by atoms with van der Waals surface area (Å²) in [6, 6.07) is 10.1. The third-order valence-electron chi connectivity index (χ3n) is 4.56. The number of allylic oxidation sites excluding steroid dienone is 2. The van der Waals surface area contributed by atoms with Gasteiger partial charge >= 0.3 is 0 Å². The molecular weight excluding hydrogens is 344 g/mol. The Balaban J connectivity index is 1.87. The van der Waals surface area contributed by atoms with E-state index in [-0.39, 0.29) is 17.3 Å². The molecule has 1 saturated carbocycles. The zero-order valence-electron chi connectivity index (χ0n) is 15.4. The van der Waals surface area contributed by atoms with E-state index >= 15 is 0 Å². The first kappa shape index (κ1) is 18.6. The van der Waals surface area contributed by atoms with E-state index in [1.807, 2.05) is 0 Å². The fraction of sp³-hybridized carbons (Fsp3) is 0.227. The number of ketones is 1. The zero-order chi connectivity index (χ0) is 19.4. The number of ether oxygens (including phenoxy) is 2. The molecule has 2 N–H and O–H groups in total. The Morgan fingerprint density at radius 2 is 1.26 bits per heavy atom. The van der Waals surface area contributed by atoms with E-state index in [0.29, 0.717) is 35.5 Å². The third kappa shape index (κ3) is 4.14. The van der Waals surface area contributed by atoms with Crippen LogP contribution in [0.2, 0.25) is 0 Å². The second-order valence-corrected chi connectivity index (χ2v) is 6.38. The first-order valence-corrected chi connectivity index (χ1v) is 8.71. The maximum Gasteiger partial charge on any atom is 0.185 e. The monoisotopic (exact) mass is 366 g/mol. The van der Waals surface area contributed by atoms with Gasteiger partial charge in [0.2, 0.25) is 0 Å². The van der Waals surface area contributed by atoms with Crippen molar-refractivity contribution in [3.05, 3.63) is 58.7 Å². The lowest BCUT2D eigenvalue weighted by molar-refractivity contribution is -0.112. The number of Topliss-reactive ketones (excluding diaryl/α,β-unsaturated/α-hetero) is 1. The molecule has 0 heterocycles. The summed E-state index contributed by atoms with van der Waals surface area (Å²) >= 11 is 0. The molecule has 0 radical (unpaired) electrons. The van der Waals surface area contributed by atoms with Gasteiger partial charge in [-0.05, 0) is 66.8 Å². The van der Waals surface area contributed by atoms with Crippen molar-refractivity contribution >= 4 is 17.9 Å². The highest BCUT2D eigenvalue weighted by Gasteiger charge is 2.20. The van der Waals surface area contributed by atoms with Gasteiger partial charge < -0.3 is 19.7 Å². The van der Waals surface area contributed by atoms with E-state index in [1.165, 1.54) is 14.2 Å². The molecule has 27 heavy (non-hydrogen) atoms. The molecular formula is C22H22O5. The smallest absolute Gasteiger partial charge is 0.185 e. The standard InChI is InChI=1S/C22H22O5/c1-26-20-8-6-14(12-18(20)23)10-16-4-3-5-17(22(16)25)11-15-7-9-21(27-2)19(24)13-15/h6-13,23-24H,3-5H2,1-2H3/b16-10+,17-11+. The molecule has 0 aliphatic heterocycles. The molecule has 5 heteroatoms. The van der Waals surface area contributed by atoms with Crippen molar-refractivity contribution in [3.8, 4) is 23.0 Å². The molecule has 0 saturated heterocycles. The van der Waals surface area contributed by atoms with E-state index in [4.69, 9.17) is 9.47 Å². The fourth-order valence-electron chi connectivity index (χ4n) is 3.17. The molecule has 5 nitrogen and oxygen atoms in total. The Labute approximate surface area is 158 Å². The molecule has 1 fully saturated rings. The minimum Gasteiger partial charge on any atom is -0.504 e. The van der Waals surface area contributed by atoms with Crippen molar-refractivity contribution in [2.75, 3.05) is 14.2 Å². The van der Waals surface area contributed by atoms with Gasteiger partial charge in [0.1, 0.15) is 0 Å². The molecule has 140 valence electrons. The summed E-state index contributed by atoms with van der Waals surface area (Å²) in [6.07, 6.45) is 5.86. The number of phenolic OH excluding ortho intramolecular Hbond substituents is 2. The van der Waals surface area contributed by atoms with Gasteiger partial charge in [-0.3, -0.25) is 4.79 Å². The highest BCUT2D eigenvalue weighted by atomic mass is 16.5. The van der Waals surface area contributed by atoms with Crippen LogP contribution in [0.1, 0.15) is 30.4 Å². The lowest BCUT2D eigenvalue weighted by atomic mass is 9.87. The zero-order valence-corrected chi connectivity index (χ0v) is 15.4. The maximum absolute atomic E-state index is 12.8. The Bertz CT molecular complexity index is 851. The van der Waals surface area contributed by atoms with Crippen molar-refractivity contribution in [2.24, 2.45) is 0 Å². The van der Waals surface area contributed by atoms with E-state index in [9.17, 15) is 15.0 Å². The van der Waals surface area contributed by atoms with Crippen LogP contribution in [-0.4, -0.2) is 30.2 Å². The SMILES string of the molecule is COc1ccc(/C=C2\CCC/C(=C\c3ccc(OC)c(O)c3)C2=O)cc1O. The lowest BCUT2D eigenvalue weighted by Gasteiger charge is -2.17. The normalized spacial score (nSPS) is 17.3. The van der Waals surface area contributed by atoms with Crippen LogP contribution in [-0.2, 0) is 4.79 Å². The largest absolute Gasteiger partial charge is 0.504 e. The van der Waals surface area contributed by atoms with Crippen LogP contribution >= 0.6 is 0 Å². The van der Waals surface area contributed by atoms with Crippen molar-refractivity contribution in [3.63, 3.8) is 0 Å². The van der Waals surface area contributed by atoms with Crippen molar-refractivity contribution < 1.29 is 24.5 Å². The number of hydrogen-bond donors (Lipinski definition) is 2. The number of aromatic hydroxyl groups is 2. The third-order valence-corrected chi connectivity index (χ3v) is 4.56. The number of rotatable bonds is 4. The molecule has 0 unspecified atom stereocenters. The summed E-state index contributed by atoms with van der Waals surface area (Å²) in [5.74, 6) is 0.866. The van der Waals surface area contributed by atoms with Gasteiger partial charge in [0.05, 0.1) is 14.2 Å². The summed E-state index contributed by atoms with van der Waals surface area (Å²) in [5.41, 5.74) is 2.91. The highest BCUT2D eigenvalue weighted by Crippen LogP contribution is 2.32. The van der Waals surface area contributed by atoms with Crippen molar-refractivity contribution in [1.82, 2.24) is 0 Å². The predicted octanol–water partition coefficient (Wildman–Crippen LogP) is 4.34. The van der Waals surface area contributed by atoms with E-state index in [2.05, 4.69) is 0 Å². The van der Waals surface area contributed by atoms with E-state index in [1.54, 1.807) is 48.6 Å². The van der Waals surface area contributed by atoms with E-state index in [0.717, 1.165) is 17.5 Å². The predicted molar refractivity (Wildman–Crippen MR) is 104 cm³/mol. The molecule has 0 bridgehead atoms. The molecule has 3 rings (SSSR count). The van der Waals surface area contributed by atoms with Crippen molar-refractivity contribution in [1.29, 1.82) is 0 Å². The Kier molecular flexibility index (Phi) is 5.50. The lowest BCUT2D eigenvalue weighted by Crippen LogP contribution is -2.12. The van der Waals surface area contributed by atoms with Gasteiger partial charge in [-0.1, -0.05) is 12.1 Å². The first-order chi connectivity index (χ1) is 13.0. The molecule has 2 aromatic rings. The molecule has 1 aliphatic carbocycles. The minimum atomic E-state index is -0.00753. The van der Waals surface area contributed by atoms with Crippen molar-refractivity contribution in [2.45, 2.75) is 19.3 Å². The van der Waals surface area contributed by atoms with Crippen LogP contribution in [0.4, 0.5) is 0 Å². The summed E-state index contributed by atoms with van der Waals surface area (Å²) in [6.45, 7) is 0. The molecule has 0 amide bonds. The summed E-state index contributed by atoms with van der Waals surface area (Å²) < 4.78 is 10.1. The van der Waals surface area contributed by atoms with Gasteiger partial charge in [0.15, 0.2) is 28.8 Å². The van der Waals surface area contributed by atoms with Crippen LogP contribution in [0, 0.1) is 0 Å². The van der Waals surface area contributed by atoms with Crippen LogP contribution in [0.3, 0.4) is 0 Å². The van der Waals surface area contributed by atoms with Gasteiger partial charge in [-0.15, -0.1) is 0 Å². The van der Waals surface area contributed by atoms with Crippen LogP contribution in [0.15, 0.2) is 47.5 Å². The number of carbonyl (C=O) groups excluding carboxylic acids is 1. The topological polar surface area (TPSA) is 76.0 Å². The summed E-state index contributed by atoms with van der Waals surface area (Å²) in [4.78, 5) is 12.8. The molecule has 1 aliphatic rings.